The number of hydrogen-bond acceptors (Lipinski definition) is 2. The Kier molecular flexibility index (Phi) is 3.57. The summed E-state index contributed by atoms with van der Waals surface area (Å²) < 4.78 is 1.73. The van der Waals surface area contributed by atoms with E-state index in [-0.39, 0.29) is 5.92 Å². The van der Waals surface area contributed by atoms with Crippen LogP contribution in [-0.2, 0) is 18.3 Å². The Bertz CT molecular complexity index is 439. The summed E-state index contributed by atoms with van der Waals surface area (Å²) in [4.78, 5) is 12.2. The molecular weight excluding hydrogens is 236 g/mol. The SMILES string of the molecule is Cc1nn(C)c(CC(=O)C2CCC(C)C2)c1Cl. The molecule has 1 aromatic rings. The summed E-state index contributed by atoms with van der Waals surface area (Å²) in [5, 5.41) is 4.88. The number of nitrogens with zero attached hydrogens (tertiary/aromatic N) is 2. The molecule has 1 aliphatic rings. The lowest BCUT2D eigenvalue weighted by molar-refractivity contribution is -0.122. The topological polar surface area (TPSA) is 34.9 Å². The van der Waals surface area contributed by atoms with Gasteiger partial charge < -0.3 is 0 Å². The first kappa shape index (κ1) is 12.6. The van der Waals surface area contributed by atoms with Crippen LogP contribution >= 0.6 is 11.6 Å². The molecule has 0 radical (unpaired) electrons. The Hall–Kier alpha value is -0.830. The molecule has 0 saturated heterocycles. The molecule has 0 bridgehead atoms. The van der Waals surface area contributed by atoms with Crippen molar-refractivity contribution in [3.63, 3.8) is 0 Å². The number of aromatic nitrogens is 2. The molecular formula is C13H19ClN2O. The molecule has 2 unspecified atom stereocenters. The number of carbonyl (C=O) groups is 1. The number of halogens is 1. The summed E-state index contributed by atoms with van der Waals surface area (Å²) >= 11 is 6.16. The molecule has 0 N–H and O–H groups in total. The highest BCUT2D eigenvalue weighted by atomic mass is 35.5. The van der Waals surface area contributed by atoms with Crippen LogP contribution in [0.15, 0.2) is 0 Å². The van der Waals surface area contributed by atoms with Crippen molar-refractivity contribution in [3.05, 3.63) is 16.4 Å². The summed E-state index contributed by atoms with van der Waals surface area (Å²) in [7, 11) is 1.85. The van der Waals surface area contributed by atoms with E-state index in [1.807, 2.05) is 14.0 Å². The largest absolute Gasteiger partial charge is 0.299 e. The van der Waals surface area contributed by atoms with Crippen LogP contribution in [0.25, 0.3) is 0 Å². The van der Waals surface area contributed by atoms with Gasteiger partial charge in [-0.05, 0) is 32.1 Å². The molecule has 1 heterocycles. The van der Waals surface area contributed by atoms with Crippen LogP contribution in [0.2, 0.25) is 5.02 Å². The molecule has 0 aliphatic heterocycles. The second-order valence-corrected chi connectivity index (χ2v) is 5.61. The molecule has 1 aromatic heterocycles. The van der Waals surface area contributed by atoms with Crippen molar-refractivity contribution in [2.24, 2.45) is 18.9 Å². The van der Waals surface area contributed by atoms with Crippen LogP contribution in [0.1, 0.15) is 37.6 Å². The summed E-state index contributed by atoms with van der Waals surface area (Å²) in [5.74, 6) is 1.24. The van der Waals surface area contributed by atoms with E-state index in [1.165, 1.54) is 6.42 Å². The van der Waals surface area contributed by atoms with Crippen molar-refractivity contribution in [2.75, 3.05) is 0 Å². The fourth-order valence-electron chi connectivity index (χ4n) is 2.68. The molecule has 1 saturated carbocycles. The molecule has 2 atom stereocenters. The van der Waals surface area contributed by atoms with Crippen molar-refractivity contribution in [2.45, 2.75) is 39.5 Å². The number of carbonyl (C=O) groups excluding carboxylic acids is 1. The lowest BCUT2D eigenvalue weighted by Gasteiger charge is -2.08. The molecule has 0 amide bonds. The maximum absolute atomic E-state index is 12.2. The van der Waals surface area contributed by atoms with E-state index in [2.05, 4.69) is 12.0 Å². The van der Waals surface area contributed by atoms with Gasteiger partial charge in [-0.25, -0.2) is 0 Å². The summed E-state index contributed by atoms with van der Waals surface area (Å²) in [6.45, 7) is 4.09. The Balaban J connectivity index is 2.08. The van der Waals surface area contributed by atoms with E-state index in [4.69, 9.17) is 11.6 Å². The predicted octanol–water partition coefficient (Wildman–Crippen LogP) is 2.93. The number of rotatable bonds is 3. The van der Waals surface area contributed by atoms with Crippen molar-refractivity contribution < 1.29 is 4.79 Å². The summed E-state index contributed by atoms with van der Waals surface area (Å²) in [6.07, 6.45) is 3.67. The second-order valence-electron chi connectivity index (χ2n) is 5.23. The molecule has 4 heteroatoms. The molecule has 94 valence electrons. The first-order valence-corrected chi connectivity index (χ1v) is 6.57. The molecule has 1 fully saturated rings. The third-order valence-electron chi connectivity index (χ3n) is 3.75. The minimum absolute atomic E-state index is 0.233. The van der Waals surface area contributed by atoms with Gasteiger partial charge in [-0.1, -0.05) is 18.5 Å². The van der Waals surface area contributed by atoms with Gasteiger partial charge >= 0.3 is 0 Å². The molecule has 17 heavy (non-hydrogen) atoms. The van der Waals surface area contributed by atoms with E-state index in [0.717, 1.165) is 24.2 Å². The molecule has 0 spiro atoms. The van der Waals surface area contributed by atoms with Crippen molar-refractivity contribution >= 4 is 17.4 Å². The Morgan fingerprint density at radius 2 is 2.24 bits per heavy atom. The molecule has 3 nitrogen and oxygen atoms in total. The zero-order chi connectivity index (χ0) is 12.6. The standard InChI is InChI=1S/C13H19ClN2O/c1-8-4-5-10(6-8)12(17)7-11-13(14)9(2)15-16(11)3/h8,10H,4-7H2,1-3H3. The van der Waals surface area contributed by atoms with Crippen LogP contribution in [0.3, 0.4) is 0 Å². The zero-order valence-electron chi connectivity index (χ0n) is 10.7. The lowest BCUT2D eigenvalue weighted by atomic mass is 9.97. The van der Waals surface area contributed by atoms with Crippen LogP contribution in [0, 0.1) is 18.8 Å². The van der Waals surface area contributed by atoms with E-state index < -0.39 is 0 Å². The van der Waals surface area contributed by atoms with Crippen LogP contribution < -0.4 is 0 Å². The quantitative estimate of drug-likeness (QED) is 0.831. The number of ketones is 1. The van der Waals surface area contributed by atoms with Crippen molar-refractivity contribution in [1.82, 2.24) is 9.78 Å². The maximum Gasteiger partial charge on any atom is 0.141 e. The molecule has 2 rings (SSSR count). The van der Waals surface area contributed by atoms with Gasteiger partial charge in [0.2, 0.25) is 0 Å². The van der Waals surface area contributed by atoms with Gasteiger partial charge in [-0.3, -0.25) is 9.48 Å². The van der Waals surface area contributed by atoms with E-state index >= 15 is 0 Å². The monoisotopic (exact) mass is 254 g/mol. The van der Waals surface area contributed by atoms with Crippen LogP contribution in [-0.4, -0.2) is 15.6 Å². The normalized spacial score (nSPS) is 24.2. The average molecular weight is 255 g/mol. The molecule has 0 aromatic carbocycles. The fraction of sp³-hybridized carbons (Fsp3) is 0.692. The van der Waals surface area contributed by atoms with Gasteiger partial charge in [0.15, 0.2) is 0 Å². The third-order valence-corrected chi connectivity index (χ3v) is 4.25. The van der Waals surface area contributed by atoms with Gasteiger partial charge in [0, 0.05) is 13.0 Å². The van der Waals surface area contributed by atoms with Crippen LogP contribution in [0.5, 0.6) is 0 Å². The first-order valence-electron chi connectivity index (χ1n) is 6.19. The minimum atomic E-state index is 0.233. The van der Waals surface area contributed by atoms with E-state index in [0.29, 0.717) is 23.1 Å². The highest BCUT2D eigenvalue weighted by Gasteiger charge is 2.28. The third kappa shape index (κ3) is 2.54. The molecule has 1 aliphatic carbocycles. The van der Waals surface area contributed by atoms with Crippen LogP contribution in [0.4, 0.5) is 0 Å². The Labute approximate surface area is 107 Å². The smallest absolute Gasteiger partial charge is 0.141 e. The van der Waals surface area contributed by atoms with Crippen molar-refractivity contribution in [1.29, 1.82) is 0 Å². The average Bonchev–Trinajstić information content (AvgIpc) is 2.79. The fourth-order valence-corrected chi connectivity index (χ4v) is 2.91. The second kappa shape index (κ2) is 4.81. The first-order chi connectivity index (χ1) is 7.99. The predicted molar refractivity (Wildman–Crippen MR) is 68.2 cm³/mol. The number of Topliss-reactive ketones (excluding diaryl/α,β-unsaturated/α-hetero) is 1. The minimum Gasteiger partial charge on any atom is -0.299 e. The number of hydrogen-bond donors (Lipinski definition) is 0. The zero-order valence-corrected chi connectivity index (χ0v) is 11.4. The Morgan fingerprint density at radius 3 is 2.71 bits per heavy atom. The summed E-state index contributed by atoms with van der Waals surface area (Å²) in [5.41, 5.74) is 1.66. The number of aryl methyl sites for hydroxylation is 2. The van der Waals surface area contributed by atoms with Gasteiger partial charge in [-0.15, -0.1) is 0 Å². The highest BCUT2D eigenvalue weighted by molar-refractivity contribution is 6.32. The summed E-state index contributed by atoms with van der Waals surface area (Å²) in [6, 6.07) is 0. The van der Waals surface area contributed by atoms with Gasteiger partial charge in [0.1, 0.15) is 5.78 Å². The van der Waals surface area contributed by atoms with Gasteiger partial charge in [0.05, 0.1) is 22.8 Å². The maximum atomic E-state index is 12.2. The Morgan fingerprint density at radius 1 is 1.53 bits per heavy atom. The van der Waals surface area contributed by atoms with E-state index in [1.54, 1.807) is 4.68 Å². The van der Waals surface area contributed by atoms with Crippen molar-refractivity contribution in [3.8, 4) is 0 Å². The lowest BCUT2D eigenvalue weighted by Crippen LogP contribution is -2.16. The van der Waals surface area contributed by atoms with Gasteiger partial charge in [-0.2, -0.15) is 5.10 Å². The van der Waals surface area contributed by atoms with Gasteiger partial charge in [0.25, 0.3) is 0 Å². The van der Waals surface area contributed by atoms with E-state index in [9.17, 15) is 4.79 Å². The highest BCUT2D eigenvalue weighted by Crippen LogP contribution is 2.32.